The molecule has 0 unspecified atom stereocenters. The van der Waals surface area contributed by atoms with E-state index in [1.54, 1.807) is 29.2 Å². The van der Waals surface area contributed by atoms with Crippen molar-refractivity contribution >= 4 is 21.6 Å². The molecule has 3 rings (SSSR count). The summed E-state index contributed by atoms with van der Waals surface area (Å²) in [6, 6.07) is 14.8. The Bertz CT molecular complexity index is 876. The Morgan fingerprint density at radius 3 is 2.54 bits per heavy atom. The molecular formula is C20H24N2O3S. The second kappa shape index (κ2) is 8.01. The van der Waals surface area contributed by atoms with Gasteiger partial charge in [0, 0.05) is 25.2 Å². The summed E-state index contributed by atoms with van der Waals surface area (Å²) in [5.41, 5.74) is 3.18. The van der Waals surface area contributed by atoms with Crippen LogP contribution in [0, 0.1) is 6.92 Å². The van der Waals surface area contributed by atoms with E-state index in [4.69, 9.17) is 0 Å². The minimum absolute atomic E-state index is 0.0925. The smallest absolute Gasteiger partial charge is 0.240 e. The van der Waals surface area contributed by atoms with Gasteiger partial charge in [0.25, 0.3) is 0 Å². The van der Waals surface area contributed by atoms with Gasteiger partial charge in [-0.25, -0.2) is 13.1 Å². The molecule has 26 heavy (non-hydrogen) atoms. The molecular weight excluding hydrogens is 348 g/mol. The fourth-order valence-corrected chi connectivity index (χ4v) is 4.25. The van der Waals surface area contributed by atoms with E-state index in [9.17, 15) is 13.2 Å². The summed E-state index contributed by atoms with van der Waals surface area (Å²) in [4.78, 5) is 13.7. The van der Waals surface area contributed by atoms with Gasteiger partial charge in [0.2, 0.25) is 15.9 Å². The van der Waals surface area contributed by atoms with Crippen LogP contribution in [0.1, 0.15) is 30.4 Å². The fraction of sp³-hybridized carbons (Fsp3) is 0.350. The van der Waals surface area contributed by atoms with E-state index in [1.807, 2.05) is 19.1 Å². The lowest BCUT2D eigenvalue weighted by Crippen LogP contribution is -2.26. The molecule has 1 saturated heterocycles. The van der Waals surface area contributed by atoms with Crippen LogP contribution in [0.4, 0.5) is 5.69 Å². The van der Waals surface area contributed by atoms with E-state index in [1.165, 1.54) is 11.1 Å². The highest BCUT2D eigenvalue weighted by molar-refractivity contribution is 7.89. The molecule has 0 aliphatic carbocycles. The maximum absolute atomic E-state index is 12.4. The van der Waals surface area contributed by atoms with Crippen LogP contribution in [0.15, 0.2) is 53.4 Å². The van der Waals surface area contributed by atoms with Gasteiger partial charge in [0.15, 0.2) is 0 Å². The van der Waals surface area contributed by atoms with E-state index >= 15 is 0 Å². The zero-order chi connectivity index (χ0) is 18.6. The van der Waals surface area contributed by atoms with Gasteiger partial charge in [-0.05, 0) is 56.0 Å². The molecule has 0 radical (unpaired) electrons. The number of carbonyl (C=O) groups is 1. The van der Waals surface area contributed by atoms with Crippen molar-refractivity contribution in [2.45, 2.75) is 37.5 Å². The number of carbonyl (C=O) groups excluding carboxylic acids is 1. The first kappa shape index (κ1) is 18.6. The number of benzene rings is 2. The number of anilines is 1. The van der Waals surface area contributed by atoms with E-state index in [0.29, 0.717) is 19.5 Å². The zero-order valence-electron chi connectivity index (χ0n) is 14.9. The van der Waals surface area contributed by atoms with Gasteiger partial charge in [-0.2, -0.15) is 0 Å². The second-order valence-electron chi connectivity index (χ2n) is 6.63. The maximum Gasteiger partial charge on any atom is 0.240 e. The minimum Gasteiger partial charge on any atom is -0.312 e. The lowest BCUT2D eigenvalue weighted by atomic mass is 10.1. The van der Waals surface area contributed by atoms with Crippen LogP contribution in [0.3, 0.4) is 0 Å². The summed E-state index contributed by atoms with van der Waals surface area (Å²) in [5.74, 6) is 0.0925. The Morgan fingerprint density at radius 1 is 1.12 bits per heavy atom. The highest BCUT2D eigenvalue weighted by Gasteiger charge is 2.22. The highest BCUT2D eigenvalue weighted by atomic mass is 32.2. The standard InChI is InChI=1S/C20H24N2O3S/c1-16-5-2-6-17(15-16)7-3-13-21-26(24,25)19-11-9-18(10-12-19)22-14-4-8-20(22)23/h2,5-6,9-12,15,21H,3-4,7-8,13-14H2,1H3. The predicted octanol–water partition coefficient (Wildman–Crippen LogP) is 3.03. The first-order valence-corrected chi connectivity index (χ1v) is 10.4. The monoisotopic (exact) mass is 372 g/mol. The number of amides is 1. The van der Waals surface area contributed by atoms with Crippen molar-refractivity contribution in [2.24, 2.45) is 0 Å². The van der Waals surface area contributed by atoms with E-state index in [-0.39, 0.29) is 10.8 Å². The van der Waals surface area contributed by atoms with E-state index < -0.39 is 10.0 Å². The number of rotatable bonds is 7. The lowest BCUT2D eigenvalue weighted by Gasteiger charge is -2.16. The highest BCUT2D eigenvalue weighted by Crippen LogP contribution is 2.22. The van der Waals surface area contributed by atoms with Crippen molar-refractivity contribution in [1.29, 1.82) is 0 Å². The molecule has 138 valence electrons. The number of nitrogens with zero attached hydrogens (tertiary/aromatic N) is 1. The number of hydrogen-bond donors (Lipinski definition) is 1. The Morgan fingerprint density at radius 2 is 1.88 bits per heavy atom. The molecule has 5 nitrogen and oxygen atoms in total. The number of hydrogen-bond acceptors (Lipinski definition) is 3. The molecule has 6 heteroatoms. The van der Waals surface area contributed by atoms with Crippen molar-refractivity contribution in [2.75, 3.05) is 18.0 Å². The third kappa shape index (κ3) is 4.51. The minimum atomic E-state index is -3.53. The van der Waals surface area contributed by atoms with Gasteiger partial charge >= 0.3 is 0 Å². The molecule has 0 bridgehead atoms. The molecule has 1 aliphatic heterocycles. The summed E-state index contributed by atoms with van der Waals surface area (Å²) in [6.45, 7) is 3.14. The van der Waals surface area contributed by atoms with Crippen molar-refractivity contribution in [3.05, 3.63) is 59.7 Å². The average Bonchev–Trinajstić information content (AvgIpc) is 3.05. The molecule has 0 atom stereocenters. The third-order valence-corrected chi connectivity index (χ3v) is 6.03. The van der Waals surface area contributed by atoms with Crippen LogP contribution in [-0.4, -0.2) is 27.4 Å². The van der Waals surface area contributed by atoms with Gasteiger partial charge in [-0.3, -0.25) is 4.79 Å². The SMILES string of the molecule is Cc1cccc(CCCNS(=O)(=O)c2ccc(N3CCCC3=O)cc2)c1. The van der Waals surface area contributed by atoms with Crippen LogP contribution in [0.25, 0.3) is 0 Å². The first-order chi connectivity index (χ1) is 12.5. The molecule has 2 aromatic rings. The van der Waals surface area contributed by atoms with Crippen molar-refractivity contribution in [3.8, 4) is 0 Å². The van der Waals surface area contributed by atoms with Crippen LogP contribution in [0.5, 0.6) is 0 Å². The van der Waals surface area contributed by atoms with Crippen molar-refractivity contribution < 1.29 is 13.2 Å². The van der Waals surface area contributed by atoms with Crippen molar-refractivity contribution in [3.63, 3.8) is 0 Å². The molecule has 1 aliphatic rings. The Labute approximate surface area is 155 Å². The summed E-state index contributed by atoms with van der Waals surface area (Å²) >= 11 is 0. The van der Waals surface area contributed by atoms with Crippen LogP contribution < -0.4 is 9.62 Å². The van der Waals surface area contributed by atoms with Gasteiger partial charge in [0.1, 0.15) is 0 Å². The molecule has 2 aromatic carbocycles. The van der Waals surface area contributed by atoms with Crippen LogP contribution >= 0.6 is 0 Å². The molecule has 0 spiro atoms. The average molecular weight is 372 g/mol. The summed E-state index contributed by atoms with van der Waals surface area (Å²) in [6.07, 6.45) is 2.98. The Kier molecular flexibility index (Phi) is 5.74. The molecule has 0 saturated carbocycles. The summed E-state index contributed by atoms with van der Waals surface area (Å²) in [7, 11) is -3.53. The molecule has 0 aromatic heterocycles. The molecule has 1 fully saturated rings. The first-order valence-electron chi connectivity index (χ1n) is 8.91. The lowest BCUT2D eigenvalue weighted by molar-refractivity contribution is -0.117. The summed E-state index contributed by atoms with van der Waals surface area (Å²) < 4.78 is 27.5. The molecule has 1 heterocycles. The fourth-order valence-electron chi connectivity index (χ4n) is 3.18. The van der Waals surface area contributed by atoms with Crippen LogP contribution in [0.2, 0.25) is 0 Å². The zero-order valence-corrected chi connectivity index (χ0v) is 15.8. The molecule has 1 N–H and O–H groups in total. The summed E-state index contributed by atoms with van der Waals surface area (Å²) in [5, 5.41) is 0. The topological polar surface area (TPSA) is 66.5 Å². The van der Waals surface area contributed by atoms with Gasteiger partial charge in [0.05, 0.1) is 4.90 Å². The Hall–Kier alpha value is -2.18. The number of aryl methyl sites for hydroxylation is 2. The van der Waals surface area contributed by atoms with E-state index in [2.05, 4.69) is 16.9 Å². The number of nitrogens with one attached hydrogen (secondary N) is 1. The molecule has 1 amide bonds. The van der Waals surface area contributed by atoms with Gasteiger partial charge < -0.3 is 4.90 Å². The normalized spacial score (nSPS) is 14.8. The van der Waals surface area contributed by atoms with E-state index in [0.717, 1.165) is 24.9 Å². The largest absolute Gasteiger partial charge is 0.312 e. The predicted molar refractivity (Wildman–Crippen MR) is 103 cm³/mol. The van der Waals surface area contributed by atoms with Crippen molar-refractivity contribution in [1.82, 2.24) is 4.72 Å². The van der Waals surface area contributed by atoms with Crippen LogP contribution in [-0.2, 0) is 21.2 Å². The second-order valence-corrected chi connectivity index (χ2v) is 8.40. The van der Waals surface area contributed by atoms with Gasteiger partial charge in [-0.1, -0.05) is 29.8 Å². The Balaban J connectivity index is 1.55. The third-order valence-electron chi connectivity index (χ3n) is 4.55. The quantitative estimate of drug-likeness (QED) is 0.760. The maximum atomic E-state index is 12.4. The number of sulfonamides is 1. The van der Waals surface area contributed by atoms with Gasteiger partial charge in [-0.15, -0.1) is 0 Å².